The molecular formula is C16H24N2O2. The van der Waals surface area contributed by atoms with E-state index in [0.717, 1.165) is 31.7 Å². The quantitative estimate of drug-likeness (QED) is 0.872. The number of nitrogens with zero attached hydrogens (tertiary/aromatic N) is 1. The van der Waals surface area contributed by atoms with Crippen LogP contribution in [-0.2, 0) is 0 Å². The molecule has 1 heterocycles. The highest BCUT2D eigenvalue weighted by Crippen LogP contribution is 2.41. The van der Waals surface area contributed by atoms with Gasteiger partial charge in [0.05, 0.1) is 13.2 Å². The lowest BCUT2D eigenvalue weighted by Gasteiger charge is -2.28. The Kier molecular flexibility index (Phi) is 3.96. The van der Waals surface area contributed by atoms with E-state index >= 15 is 0 Å². The molecule has 4 heteroatoms. The summed E-state index contributed by atoms with van der Waals surface area (Å²) in [7, 11) is 1.68. The average molecular weight is 276 g/mol. The van der Waals surface area contributed by atoms with Crippen LogP contribution in [0.5, 0.6) is 5.75 Å². The Bertz CT molecular complexity index is 448. The largest absolute Gasteiger partial charge is 0.497 e. The Labute approximate surface area is 120 Å². The van der Waals surface area contributed by atoms with Crippen molar-refractivity contribution in [2.75, 3.05) is 26.7 Å². The van der Waals surface area contributed by atoms with Crippen LogP contribution in [0.25, 0.3) is 0 Å². The molecule has 1 saturated carbocycles. The molecule has 0 amide bonds. The Morgan fingerprint density at radius 2 is 2.05 bits per heavy atom. The first-order valence-electron chi connectivity index (χ1n) is 7.49. The summed E-state index contributed by atoms with van der Waals surface area (Å²) in [6, 6.07) is 8.42. The van der Waals surface area contributed by atoms with Gasteiger partial charge in [0.15, 0.2) is 0 Å². The number of likely N-dealkylation sites (tertiary alicyclic amines) is 1. The molecule has 3 rings (SSSR count). The molecule has 1 aromatic carbocycles. The third-order valence-electron chi connectivity index (χ3n) is 5.01. The number of hydrogen-bond acceptors (Lipinski definition) is 4. The first-order chi connectivity index (χ1) is 9.72. The summed E-state index contributed by atoms with van der Waals surface area (Å²) in [5.74, 6) is 1.97. The normalized spacial score (nSPS) is 31.2. The smallest absolute Gasteiger partial charge is 0.118 e. The molecule has 0 bridgehead atoms. The van der Waals surface area contributed by atoms with Crippen molar-refractivity contribution in [1.29, 1.82) is 0 Å². The van der Waals surface area contributed by atoms with E-state index in [1.54, 1.807) is 7.11 Å². The van der Waals surface area contributed by atoms with Crippen LogP contribution in [-0.4, -0.2) is 42.9 Å². The van der Waals surface area contributed by atoms with E-state index in [2.05, 4.69) is 17.0 Å². The van der Waals surface area contributed by atoms with Crippen molar-refractivity contribution in [3.63, 3.8) is 0 Å². The van der Waals surface area contributed by atoms with Crippen LogP contribution in [0.2, 0.25) is 0 Å². The molecular weight excluding hydrogens is 252 g/mol. The van der Waals surface area contributed by atoms with Crippen molar-refractivity contribution >= 4 is 0 Å². The van der Waals surface area contributed by atoms with Crippen LogP contribution in [0.15, 0.2) is 24.3 Å². The van der Waals surface area contributed by atoms with Crippen LogP contribution in [0, 0.1) is 11.8 Å². The predicted molar refractivity (Wildman–Crippen MR) is 78.6 cm³/mol. The Morgan fingerprint density at radius 3 is 2.65 bits per heavy atom. The second-order valence-electron chi connectivity index (χ2n) is 6.05. The second kappa shape index (κ2) is 5.72. The van der Waals surface area contributed by atoms with Gasteiger partial charge in [-0.1, -0.05) is 12.1 Å². The van der Waals surface area contributed by atoms with E-state index in [9.17, 15) is 5.11 Å². The molecule has 0 radical (unpaired) electrons. The summed E-state index contributed by atoms with van der Waals surface area (Å²) in [6.45, 7) is 2.65. The summed E-state index contributed by atoms with van der Waals surface area (Å²) < 4.78 is 5.20. The summed E-state index contributed by atoms with van der Waals surface area (Å²) in [4.78, 5) is 2.44. The fraction of sp³-hybridized carbons (Fsp3) is 0.625. The molecule has 4 atom stereocenters. The molecule has 20 heavy (non-hydrogen) atoms. The summed E-state index contributed by atoms with van der Waals surface area (Å²) in [6.07, 6.45) is 2.01. The predicted octanol–water partition coefficient (Wildman–Crippen LogP) is 1.40. The zero-order chi connectivity index (χ0) is 14.1. The van der Waals surface area contributed by atoms with Gasteiger partial charge in [0.2, 0.25) is 0 Å². The number of ether oxygens (including phenoxy) is 1. The van der Waals surface area contributed by atoms with Gasteiger partial charge >= 0.3 is 0 Å². The Hall–Kier alpha value is -1.10. The molecule has 0 aromatic heterocycles. The lowest BCUT2D eigenvalue weighted by atomic mass is 10.00. The van der Waals surface area contributed by atoms with Gasteiger partial charge in [-0.15, -0.1) is 0 Å². The first-order valence-corrected chi connectivity index (χ1v) is 7.49. The van der Waals surface area contributed by atoms with Gasteiger partial charge in [-0.3, -0.25) is 4.90 Å². The third kappa shape index (κ3) is 2.43. The molecule has 1 aliphatic heterocycles. The monoisotopic (exact) mass is 276 g/mol. The number of hydrogen-bond donors (Lipinski definition) is 2. The van der Waals surface area contributed by atoms with Crippen LogP contribution >= 0.6 is 0 Å². The Morgan fingerprint density at radius 1 is 1.30 bits per heavy atom. The molecule has 4 nitrogen and oxygen atoms in total. The number of aliphatic hydroxyl groups is 1. The fourth-order valence-corrected chi connectivity index (χ4v) is 3.85. The van der Waals surface area contributed by atoms with E-state index < -0.39 is 0 Å². The molecule has 0 spiro atoms. The summed E-state index contributed by atoms with van der Waals surface area (Å²) >= 11 is 0. The highest BCUT2D eigenvalue weighted by atomic mass is 16.5. The number of nitrogens with two attached hydrogens (primary N) is 1. The Balaban J connectivity index is 1.73. The zero-order valence-corrected chi connectivity index (χ0v) is 12.0. The van der Waals surface area contributed by atoms with Gasteiger partial charge in [0, 0.05) is 31.6 Å². The van der Waals surface area contributed by atoms with E-state index in [1.165, 1.54) is 5.56 Å². The zero-order valence-electron chi connectivity index (χ0n) is 12.0. The van der Waals surface area contributed by atoms with Gasteiger partial charge in [-0.2, -0.15) is 0 Å². The van der Waals surface area contributed by atoms with Gasteiger partial charge in [-0.05, 0) is 36.5 Å². The SMILES string of the molecule is COc1ccc(C(CN)N2CC3CCC(O)C3C2)cc1. The van der Waals surface area contributed by atoms with E-state index in [0.29, 0.717) is 18.4 Å². The van der Waals surface area contributed by atoms with E-state index in [1.807, 2.05) is 12.1 Å². The number of rotatable bonds is 4. The fourth-order valence-electron chi connectivity index (χ4n) is 3.85. The highest BCUT2D eigenvalue weighted by Gasteiger charge is 2.43. The van der Waals surface area contributed by atoms with Crippen molar-refractivity contribution in [3.8, 4) is 5.75 Å². The minimum atomic E-state index is -0.112. The molecule has 1 aromatic rings. The van der Waals surface area contributed by atoms with E-state index in [-0.39, 0.29) is 12.1 Å². The maximum absolute atomic E-state index is 10.0. The van der Waals surface area contributed by atoms with Crippen LogP contribution in [0.3, 0.4) is 0 Å². The van der Waals surface area contributed by atoms with Gasteiger partial charge in [0.1, 0.15) is 5.75 Å². The van der Waals surface area contributed by atoms with Gasteiger partial charge in [-0.25, -0.2) is 0 Å². The lowest BCUT2D eigenvalue weighted by molar-refractivity contribution is 0.118. The summed E-state index contributed by atoms with van der Waals surface area (Å²) in [5.41, 5.74) is 7.24. The average Bonchev–Trinajstić information content (AvgIpc) is 3.03. The van der Waals surface area contributed by atoms with Crippen molar-refractivity contribution in [1.82, 2.24) is 4.90 Å². The minimum absolute atomic E-state index is 0.112. The maximum Gasteiger partial charge on any atom is 0.118 e. The molecule has 1 aliphatic carbocycles. The molecule has 1 saturated heterocycles. The molecule has 4 unspecified atom stereocenters. The number of aliphatic hydroxyl groups excluding tert-OH is 1. The second-order valence-corrected chi connectivity index (χ2v) is 6.05. The van der Waals surface area contributed by atoms with Crippen molar-refractivity contribution < 1.29 is 9.84 Å². The third-order valence-corrected chi connectivity index (χ3v) is 5.01. The van der Waals surface area contributed by atoms with Crippen molar-refractivity contribution in [2.24, 2.45) is 17.6 Å². The van der Waals surface area contributed by atoms with Crippen molar-refractivity contribution in [3.05, 3.63) is 29.8 Å². The van der Waals surface area contributed by atoms with Gasteiger partial charge in [0.25, 0.3) is 0 Å². The molecule has 2 fully saturated rings. The first kappa shape index (κ1) is 13.9. The number of fused-ring (bicyclic) bond motifs is 1. The minimum Gasteiger partial charge on any atom is -0.497 e. The standard InChI is InChI=1S/C16H24N2O2/c1-20-13-5-2-11(3-6-13)15(8-17)18-9-12-4-7-16(19)14(12)10-18/h2-3,5-6,12,14-16,19H,4,7-10,17H2,1H3. The maximum atomic E-state index is 10.0. The number of benzene rings is 1. The van der Waals surface area contributed by atoms with E-state index in [4.69, 9.17) is 10.5 Å². The van der Waals surface area contributed by atoms with Crippen LogP contribution in [0.1, 0.15) is 24.4 Å². The van der Waals surface area contributed by atoms with Gasteiger partial charge < -0.3 is 15.6 Å². The van der Waals surface area contributed by atoms with Crippen LogP contribution < -0.4 is 10.5 Å². The topological polar surface area (TPSA) is 58.7 Å². The highest BCUT2D eigenvalue weighted by molar-refractivity contribution is 5.29. The summed E-state index contributed by atoms with van der Waals surface area (Å²) in [5, 5.41) is 10.0. The molecule has 110 valence electrons. The van der Waals surface area contributed by atoms with Crippen LogP contribution in [0.4, 0.5) is 0 Å². The molecule has 3 N–H and O–H groups in total. The number of methoxy groups -OCH3 is 1. The molecule has 2 aliphatic rings. The lowest BCUT2D eigenvalue weighted by Crippen LogP contribution is -2.33. The van der Waals surface area contributed by atoms with Crippen molar-refractivity contribution in [2.45, 2.75) is 25.0 Å².